The molecule has 0 spiro atoms. The Kier molecular flexibility index (Phi) is 5.69. The minimum Gasteiger partial charge on any atom is -0.325 e. The van der Waals surface area contributed by atoms with Crippen molar-refractivity contribution in [3.8, 4) is 0 Å². The molecule has 3 aromatic rings. The highest BCUT2D eigenvalue weighted by molar-refractivity contribution is 7.89. The number of hydrogen-bond acceptors (Lipinski definition) is 3. The SMILES string of the molecule is Cc1ccc(S(=O)(=O)N2Cc3ccccc3CC2C(=O)Nc2cc(C)cc(C)c2)cc1. The molecule has 3 aromatic carbocycles. The number of fused-ring (bicyclic) bond motifs is 1. The second-order valence-electron chi connectivity index (χ2n) is 8.22. The molecule has 5 nitrogen and oxygen atoms in total. The molecule has 4 rings (SSSR count). The Labute approximate surface area is 183 Å². The number of nitrogens with zero attached hydrogens (tertiary/aromatic N) is 1. The van der Waals surface area contributed by atoms with Gasteiger partial charge in [-0.25, -0.2) is 8.42 Å². The summed E-state index contributed by atoms with van der Waals surface area (Å²) in [5.74, 6) is -0.324. The molecule has 0 radical (unpaired) electrons. The molecule has 31 heavy (non-hydrogen) atoms. The van der Waals surface area contributed by atoms with Crippen molar-refractivity contribution in [2.45, 2.75) is 44.7 Å². The second kappa shape index (κ2) is 8.29. The molecular weight excluding hydrogens is 408 g/mol. The molecule has 160 valence electrons. The number of benzene rings is 3. The maximum Gasteiger partial charge on any atom is 0.244 e. The van der Waals surface area contributed by atoms with Crippen molar-refractivity contribution < 1.29 is 13.2 Å². The van der Waals surface area contributed by atoms with Crippen LogP contribution in [0.4, 0.5) is 5.69 Å². The summed E-state index contributed by atoms with van der Waals surface area (Å²) in [7, 11) is -3.85. The van der Waals surface area contributed by atoms with E-state index >= 15 is 0 Å². The first kappa shape index (κ1) is 21.3. The number of anilines is 1. The number of rotatable bonds is 4. The van der Waals surface area contributed by atoms with Crippen molar-refractivity contribution in [3.05, 3.63) is 94.5 Å². The van der Waals surface area contributed by atoms with E-state index in [4.69, 9.17) is 0 Å². The van der Waals surface area contributed by atoms with Crippen LogP contribution in [0.2, 0.25) is 0 Å². The van der Waals surface area contributed by atoms with E-state index in [-0.39, 0.29) is 17.3 Å². The number of carbonyl (C=O) groups excluding carboxylic acids is 1. The number of sulfonamides is 1. The van der Waals surface area contributed by atoms with Gasteiger partial charge in [0.1, 0.15) is 6.04 Å². The maximum atomic E-state index is 13.5. The molecule has 0 aromatic heterocycles. The number of amides is 1. The third-order valence-corrected chi connectivity index (χ3v) is 7.49. The van der Waals surface area contributed by atoms with Crippen LogP contribution >= 0.6 is 0 Å². The lowest BCUT2D eigenvalue weighted by molar-refractivity contribution is -0.120. The first-order chi connectivity index (χ1) is 14.7. The Hall–Kier alpha value is -2.96. The first-order valence-corrected chi connectivity index (χ1v) is 11.7. The number of hydrogen-bond donors (Lipinski definition) is 1. The lowest BCUT2D eigenvalue weighted by Gasteiger charge is -2.35. The second-order valence-corrected chi connectivity index (χ2v) is 10.1. The van der Waals surface area contributed by atoms with Crippen LogP contribution in [-0.4, -0.2) is 24.7 Å². The summed E-state index contributed by atoms with van der Waals surface area (Å²) in [5, 5.41) is 2.94. The molecule has 1 heterocycles. The van der Waals surface area contributed by atoms with Crippen LogP contribution in [0.25, 0.3) is 0 Å². The van der Waals surface area contributed by atoms with E-state index < -0.39 is 16.1 Å². The van der Waals surface area contributed by atoms with Crippen LogP contribution in [0.3, 0.4) is 0 Å². The molecule has 6 heteroatoms. The average molecular weight is 435 g/mol. The van der Waals surface area contributed by atoms with Crippen LogP contribution in [0, 0.1) is 20.8 Å². The van der Waals surface area contributed by atoms with Gasteiger partial charge < -0.3 is 5.32 Å². The van der Waals surface area contributed by atoms with E-state index in [0.717, 1.165) is 27.8 Å². The first-order valence-electron chi connectivity index (χ1n) is 10.3. The van der Waals surface area contributed by atoms with Gasteiger partial charge in [0.05, 0.1) is 4.90 Å². The lowest BCUT2D eigenvalue weighted by Crippen LogP contribution is -2.50. The van der Waals surface area contributed by atoms with Gasteiger partial charge in [0.25, 0.3) is 0 Å². The van der Waals surface area contributed by atoms with Crippen molar-refractivity contribution >= 4 is 21.6 Å². The molecule has 0 bridgehead atoms. The standard InChI is InChI=1S/C25H26N2O3S/c1-17-8-10-23(11-9-17)31(29,30)27-16-21-7-5-4-6-20(21)15-24(27)25(28)26-22-13-18(2)12-19(3)14-22/h4-14,24H,15-16H2,1-3H3,(H,26,28). The average Bonchev–Trinajstić information content (AvgIpc) is 2.72. The third-order valence-electron chi connectivity index (χ3n) is 5.62. The minimum absolute atomic E-state index is 0.164. The Morgan fingerprint density at radius 3 is 2.13 bits per heavy atom. The largest absolute Gasteiger partial charge is 0.325 e. The van der Waals surface area contributed by atoms with Gasteiger partial charge in [0, 0.05) is 12.2 Å². The fourth-order valence-electron chi connectivity index (χ4n) is 4.09. The summed E-state index contributed by atoms with van der Waals surface area (Å²) in [4.78, 5) is 13.5. The van der Waals surface area contributed by atoms with E-state index in [1.807, 2.05) is 63.2 Å². The Bertz CT molecular complexity index is 1210. The van der Waals surface area contributed by atoms with Crippen LogP contribution in [0.5, 0.6) is 0 Å². The van der Waals surface area contributed by atoms with Gasteiger partial charge in [-0.1, -0.05) is 48.0 Å². The Balaban J connectivity index is 1.72. The van der Waals surface area contributed by atoms with Crippen molar-refractivity contribution in [2.24, 2.45) is 0 Å². The predicted molar refractivity (Wildman–Crippen MR) is 122 cm³/mol. The molecule has 0 saturated heterocycles. The smallest absolute Gasteiger partial charge is 0.244 e. The summed E-state index contributed by atoms with van der Waals surface area (Å²) in [5.41, 5.74) is 5.65. The predicted octanol–water partition coefficient (Wildman–Crippen LogP) is 4.37. The molecule has 0 aliphatic carbocycles. The highest BCUT2D eigenvalue weighted by Gasteiger charge is 2.39. The molecule has 1 aliphatic rings. The Morgan fingerprint density at radius 2 is 1.48 bits per heavy atom. The van der Waals surface area contributed by atoms with Crippen molar-refractivity contribution in [1.82, 2.24) is 4.31 Å². The number of carbonyl (C=O) groups is 1. The van der Waals surface area contributed by atoms with Crippen LogP contribution in [0.1, 0.15) is 27.8 Å². The molecular formula is C25H26N2O3S. The highest BCUT2D eigenvalue weighted by Crippen LogP contribution is 2.30. The summed E-state index contributed by atoms with van der Waals surface area (Å²) in [6, 6.07) is 19.4. The van der Waals surface area contributed by atoms with Gasteiger partial charge >= 0.3 is 0 Å². The van der Waals surface area contributed by atoms with Gasteiger partial charge in [-0.2, -0.15) is 4.31 Å². The topological polar surface area (TPSA) is 66.5 Å². The normalized spacial score (nSPS) is 16.5. The monoisotopic (exact) mass is 434 g/mol. The van der Waals surface area contributed by atoms with E-state index in [2.05, 4.69) is 5.32 Å². The zero-order valence-corrected chi connectivity index (χ0v) is 18.7. The molecule has 1 unspecified atom stereocenters. The van der Waals surface area contributed by atoms with E-state index in [0.29, 0.717) is 12.1 Å². The van der Waals surface area contributed by atoms with Crippen molar-refractivity contribution in [2.75, 3.05) is 5.32 Å². The van der Waals surface area contributed by atoms with Gasteiger partial charge in [0.15, 0.2) is 0 Å². The molecule has 1 atom stereocenters. The molecule has 1 N–H and O–H groups in total. The van der Waals surface area contributed by atoms with E-state index in [1.54, 1.807) is 24.3 Å². The summed E-state index contributed by atoms with van der Waals surface area (Å²) >= 11 is 0. The zero-order chi connectivity index (χ0) is 22.2. The quantitative estimate of drug-likeness (QED) is 0.663. The van der Waals surface area contributed by atoms with E-state index in [1.165, 1.54) is 4.31 Å². The molecule has 0 saturated carbocycles. The number of nitrogens with one attached hydrogen (secondary N) is 1. The Morgan fingerprint density at radius 1 is 0.871 bits per heavy atom. The van der Waals surface area contributed by atoms with Crippen molar-refractivity contribution in [3.63, 3.8) is 0 Å². The minimum atomic E-state index is -3.85. The van der Waals surface area contributed by atoms with Gasteiger partial charge in [-0.05, 0) is 73.7 Å². The zero-order valence-electron chi connectivity index (χ0n) is 17.9. The van der Waals surface area contributed by atoms with Crippen LogP contribution in [0.15, 0.2) is 71.6 Å². The molecule has 0 fully saturated rings. The third kappa shape index (κ3) is 4.40. The fraction of sp³-hybridized carbons (Fsp3) is 0.240. The van der Waals surface area contributed by atoms with Gasteiger partial charge in [-0.15, -0.1) is 0 Å². The van der Waals surface area contributed by atoms with Gasteiger partial charge in [0.2, 0.25) is 15.9 Å². The summed E-state index contributed by atoms with van der Waals surface area (Å²) in [6.07, 6.45) is 0.331. The highest BCUT2D eigenvalue weighted by atomic mass is 32.2. The van der Waals surface area contributed by atoms with Crippen LogP contribution in [-0.2, 0) is 27.8 Å². The summed E-state index contributed by atoms with van der Waals surface area (Å²) in [6.45, 7) is 6.01. The number of aryl methyl sites for hydroxylation is 3. The van der Waals surface area contributed by atoms with Gasteiger partial charge in [-0.3, -0.25) is 4.79 Å². The van der Waals surface area contributed by atoms with E-state index in [9.17, 15) is 13.2 Å². The molecule has 1 amide bonds. The van der Waals surface area contributed by atoms with Crippen molar-refractivity contribution in [1.29, 1.82) is 0 Å². The van der Waals surface area contributed by atoms with Crippen LogP contribution < -0.4 is 5.32 Å². The molecule has 1 aliphatic heterocycles. The lowest BCUT2D eigenvalue weighted by atomic mass is 9.95. The summed E-state index contributed by atoms with van der Waals surface area (Å²) < 4.78 is 28.4. The maximum absolute atomic E-state index is 13.5. The fourth-order valence-corrected chi connectivity index (χ4v) is 5.66.